The zero-order valence-corrected chi connectivity index (χ0v) is 26.3. The minimum absolute atomic E-state index is 0.0395. The number of aromatic nitrogens is 2. The summed E-state index contributed by atoms with van der Waals surface area (Å²) in [6, 6.07) is 4.91. The first-order chi connectivity index (χ1) is 20.9. The van der Waals surface area contributed by atoms with E-state index in [0.717, 1.165) is 4.60 Å². The molecular formula is C26H32BBrN9O6S. The van der Waals surface area contributed by atoms with Gasteiger partial charge in [0.05, 0.1) is 28.8 Å². The molecule has 1 radical (unpaired) electrons. The number of urea groups is 2. The predicted octanol–water partition coefficient (Wildman–Crippen LogP) is 0.240. The van der Waals surface area contributed by atoms with Crippen molar-refractivity contribution in [3.63, 3.8) is 0 Å². The van der Waals surface area contributed by atoms with Gasteiger partial charge in [0.15, 0.2) is 11.4 Å². The van der Waals surface area contributed by atoms with Gasteiger partial charge in [0.25, 0.3) is 11.8 Å². The van der Waals surface area contributed by atoms with Crippen LogP contribution < -0.4 is 21.3 Å². The molecule has 0 bridgehead atoms. The topological polar surface area (TPSA) is 186 Å². The number of carbonyl (C=O) groups is 4. The van der Waals surface area contributed by atoms with Crippen LogP contribution in [0.3, 0.4) is 0 Å². The third-order valence-corrected chi connectivity index (χ3v) is 10.2. The molecule has 233 valence electrons. The molecule has 44 heavy (non-hydrogen) atoms. The summed E-state index contributed by atoms with van der Waals surface area (Å²) >= 11 is 6.65. The molecule has 8 rings (SSSR count). The molecule has 2 saturated heterocycles. The molecule has 4 fully saturated rings. The quantitative estimate of drug-likeness (QED) is 0.175. The van der Waals surface area contributed by atoms with Crippen LogP contribution in [0.15, 0.2) is 39.4 Å². The molecular weight excluding hydrogens is 657 g/mol. The summed E-state index contributed by atoms with van der Waals surface area (Å²) in [5, 5.41) is 33.4. The molecule has 2 aliphatic carbocycles. The average Bonchev–Trinajstić information content (AvgIpc) is 3.78. The Labute approximate surface area is 267 Å². The van der Waals surface area contributed by atoms with E-state index in [2.05, 4.69) is 62.0 Å². The maximum absolute atomic E-state index is 12.2. The Bertz CT molecular complexity index is 1560. The zero-order chi connectivity index (χ0) is 31.7. The molecule has 15 nitrogen and oxygen atoms in total. The molecule has 0 spiro atoms. The number of likely N-dealkylation sites (N-methyl/N-ethyl adjacent to an activating group) is 2. The second-order valence-electron chi connectivity index (χ2n) is 11.5. The van der Waals surface area contributed by atoms with Crippen LogP contribution in [0.2, 0.25) is 0 Å². The van der Waals surface area contributed by atoms with Crippen molar-refractivity contribution in [1.29, 1.82) is 0 Å². The van der Waals surface area contributed by atoms with Crippen LogP contribution in [0.5, 0.6) is 0 Å². The van der Waals surface area contributed by atoms with Gasteiger partial charge in [-0.2, -0.15) is 0 Å². The van der Waals surface area contributed by atoms with Crippen molar-refractivity contribution in [2.24, 2.45) is 4.30 Å². The van der Waals surface area contributed by atoms with Gasteiger partial charge in [0.1, 0.15) is 23.5 Å². The van der Waals surface area contributed by atoms with Gasteiger partial charge in [-0.3, -0.25) is 19.4 Å². The van der Waals surface area contributed by atoms with Crippen molar-refractivity contribution < 1.29 is 29.4 Å². The Balaban J connectivity index is 0.000000144. The number of amides is 6. The number of aliphatic hydroxyl groups is 2. The maximum atomic E-state index is 12.2. The van der Waals surface area contributed by atoms with Gasteiger partial charge in [-0.1, -0.05) is 0 Å². The molecule has 6 amide bonds. The number of fused-ring (bicyclic) bond motifs is 10. The normalized spacial score (nSPS) is 35.2. The number of thiol groups is 1. The van der Waals surface area contributed by atoms with Gasteiger partial charge in [0.2, 0.25) is 0 Å². The molecule has 6 N–H and O–H groups in total. The van der Waals surface area contributed by atoms with Crippen molar-refractivity contribution in [3.05, 3.63) is 46.5 Å². The minimum atomic E-state index is -1.26. The Morgan fingerprint density at radius 2 is 1.39 bits per heavy atom. The molecule has 0 unspecified atom stereocenters. The van der Waals surface area contributed by atoms with Crippen LogP contribution in [0.25, 0.3) is 0 Å². The molecule has 6 aliphatic rings. The van der Waals surface area contributed by atoms with Crippen LogP contribution in [0.1, 0.15) is 59.7 Å². The molecule has 18 heteroatoms. The van der Waals surface area contributed by atoms with E-state index in [1.54, 1.807) is 12.1 Å². The third kappa shape index (κ3) is 4.24. The number of nitrogens with one attached hydrogen (secondary N) is 4. The number of hydrogen-bond acceptors (Lipinski definition) is 8. The first-order valence-corrected chi connectivity index (χ1v) is 15.4. The summed E-state index contributed by atoms with van der Waals surface area (Å²) in [7, 11) is 4.34. The van der Waals surface area contributed by atoms with Gasteiger partial charge in [-0.15, -0.1) is 0 Å². The van der Waals surface area contributed by atoms with Crippen molar-refractivity contribution >= 4 is 60.3 Å². The fourth-order valence-electron chi connectivity index (χ4n) is 7.87. The molecule has 4 aliphatic heterocycles. The van der Waals surface area contributed by atoms with Crippen LogP contribution >= 0.6 is 28.7 Å². The Morgan fingerprint density at radius 3 is 1.93 bits per heavy atom. The number of carbonyl (C=O) groups excluding carboxylic acids is 4. The number of halogens is 1. The van der Waals surface area contributed by atoms with Crippen LogP contribution in [-0.4, -0.2) is 109 Å². The summed E-state index contributed by atoms with van der Waals surface area (Å²) in [5.74, 6) is -0.347. The Hall–Kier alpha value is -3.35. The second-order valence-corrected chi connectivity index (χ2v) is 12.5. The first-order valence-electron chi connectivity index (χ1n) is 14.3. The molecule has 2 aromatic heterocycles. The van der Waals surface area contributed by atoms with E-state index < -0.39 is 23.5 Å². The van der Waals surface area contributed by atoms with E-state index in [0.29, 0.717) is 37.3 Å². The fourth-order valence-corrected chi connectivity index (χ4v) is 8.46. The van der Waals surface area contributed by atoms with Crippen molar-refractivity contribution in [3.8, 4) is 0 Å². The van der Waals surface area contributed by atoms with E-state index in [4.69, 9.17) is 0 Å². The van der Waals surface area contributed by atoms with Crippen LogP contribution in [0, 0.1) is 0 Å². The Kier molecular flexibility index (Phi) is 7.61. The van der Waals surface area contributed by atoms with E-state index in [-0.39, 0.29) is 48.0 Å². The monoisotopic (exact) mass is 688 g/mol. The number of rotatable bonds is 2. The third-order valence-electron chi connectivity index (χ3n) is 9.58. The summed E-state index contributed by atoms with van der Waals surface area (Å²) in [5.41, 5.74) is -1.33. The summed E-state index contributed by atoms with van der Waals surface area (Å²) in [6.45, 7) is 4.52. The van der Waals surface area contributed by atoms with Crippen LogP contribution in [0.4, 0.5) is 9.59 Å². The standard InChI is InChI=1S/C13H15BrN4O3.C13H16N4O3.BHNS/c1-2-17-12(20)16-10-9-7(5-13(10,17)21)18-6(11(19)15-9)3-4-8(18)14;1-2-17-12(19)15-10-9-8(6-13(10,17)20)16-5-3-4-7(16)11(18)14-9;1-2-3/h3-4,7,9-10,21H,2,5H2,1H3,(H,15,19)(H,16,20);3-5,8-10,20H,2,6H2,1H3,(H,14,18)(H,15,19);3H/t7-,9-,10+,13+;8-,9-,10+,13+;/m11./s1. The van der Waals surface area contributed by atoms with Gasteiger partial charge < -0.3 is 40.6 Å². The fraction of sp³-hybridized carbons (Fsp3) is 0.538. The van der Waals surface area contributed by atoms with E-state index in [1.807, 2.05) is 41.3 Å². The number of nitrogens with zero attached hydrogens (tertiary/aromatic N) is 5. The van der Waals surface area contributed by atoms with Crippen molar-refractivity contribution in [2.75, 3.05) is 13.1 Å². The number of hydrogen-bond donors (Lipinski definition) is 7. The van der Waals surface area contributed by atoms with E-state index in [9.17, 15) is 29.4 Å². The Morgan fingerprint density at radius 1 is 0.886 bits per heavy atom. The SMILES string of the molecule is CCN1C(=O)N[C@H]2[C@@H]3NC(=O)c4ccc(Br)n4[C@@H]3C[C@]21O.CCN1C(=O)N[C@H]2[C@@H]3NC(=O)c4cccn4[C@@H]3C[C@]21O.[B]=NS. The summed E-state index contributed by atoms with van der Waals surface area (Å²) in [4.78, 5) is 51.1. The zero-order valence-electron chi connectivity index (χ0n) is 23.8. The molecule has 2 saturated carbocycles. The van der Waals surface area contributed by atoms with Crippen molar-refractivity contribution in [2.45, 2.75) is 74.4 Å². The second kappa shape index (κ2) is 10.9. The van der Waals surface area contributed by atoms with Gasteiger partial charge in [-0.05, 0) is 54.0 Å². The van der Waals surface area contributed by atoms with Crippen molar-refractivity contribution in [1.82, 2.24) is 40.2 Å². The molecule has 2 aromatic rings. The summed E-state index contributed by atoms with van der Waals surface area (Å²) in [6.07, 6.45) is 2.65. The predicted molar refractivity (Wildman–Crippen MR) is 163 cm³/mol. The van der Waals surface area contributed by atoms with E-state index in [1.165, 1.54) is 9.80 Å². The van der Waals surface area contributed by atoms with Crippen LogP contribution in [-0.2, 0) is 0 Å². The summed E-state index contributed by atoms with van der Waals surface area (Å²) < 4.78 is 7.31. The van der Waals surface area contributed by atoms with Gasteiger partial charge in [0, 0.05) is 32.1 Å². The first kappa shape index (κ1) is 30.7. The average molecular weight is 689 g/mol. The molecule has 0 aromatic carbocycles. The van der Waals surface area contributed by atoms with Gasteiger partial charge in [-0.25, -0.2) is 9.59 Å². The van der Waals surface area contributed by atoms with E-state index >= 15 is 0 Å². The van der Waals surface area contributed by atoms with Gasteiger partial charge >= 0.3 is 36.8 Å². The molecule has 8 atom stereocenters. The molecule has 6 heterocycles.